The minimum Gasteiger partial charge on any atom is -0.366 e. The van der Waals surface area contributed by atoms with Gasteiger partial charge in [0, 0.05) is 37.8 Å². The zero-order valence-electron chi connectivity index (χ0n) is 12.7. The van der Waals surface area contributed by atoms with Crippen molar-refractivity contribution in [3.63, 3.8) is 0 Å². The Morgan fingerprint density at radius 2 is 1.64 bits per heavy atom. The van der Waals surface area contributed by atoms with E-state index >= 15 is 0 Å². The lowest BCUT2D eigenvalue weighted by Gasteiger charge is -2.27. The Morgan fingerprint density at radius 1 is 1.00 bits per heavy atom. The summed E-state index contributed by atoms with van der Waals surface area (Å²) in [6.07, 6.45) is 5.30. The highest BCUT2D eigenvalue weighted by atomic mass is 16.6. The molecule has 1 aromatic rings. The third-order valence-electron chi connectivity index (χ3n) is 4.51. The van der Waals surface area contributed by atoms with E-state index in [1.807, 2.05) is 4.90 Å². The standard InChI is InChI=1S/C16H21N3O3/c20-16(18-10-2-1-3-11-18)13-6-7-14(15(12-13)19(21)22)17-8-4-5-9-17/h6-7,12H,1-5,8-11H2. The number of nitro groups is 1. The number of likely N-dealkylation sites (tertiary alicyclic amines) is 1. The molecule has 0 atom stereocenters. The Bertz CT molecular complexity index is 576. The van der Waals surface area contributed by atoms with Crippen molar-refractivity contribution in [3.8, 4) is 0 Å². The predicted octanol–water partition coefficient (Wildman–Crippen LogP) is 2.82. The Labute approximate surface area is 129 Å². The van der Waals surface area contributed by atoms with Crippen LogP contribution < -0.4 is 4.90 Å². The molecule has 0 saturated carbocycles. The van der Waals surface area contributed by atoms with Crippen LogP contribution in [0.25, 0.3) is 0 Å². The van der Waals surface area contributed by atoms with Gasteiger partial charge in [-0.3, -0.25) is 14.9 Å². The van der Waals surface area contributed by atoms with Crippen molar-refractivity contribution in [2.75, 3.05) is 31.1 Å². The molecule has 3 rings (SSSR count). The van der Waals surface area contributed by atoms with Gasteiger partial charge in [-0.25, -0.2) is 0 Å². The van der Waals surface area contributed by atoms with Gasteiger partial charge in [0.05, 0.1) is 4.92 Å². The molecule has 0 unspecified atom stereocenters. The van der Waals surface area contributed by atoms with Gasteiger partial charge in [0.2, 0.25) is 0 Å². The van der Waals surface area contributed by atoms with Crippen molar-refractivity contribution in [2.24, 2.45) is 0 Å². The highest BCUT2D eigenvalue weighted by Crippen LogP contribution is 2.32. The minimum absolute atomic E-state index is 0.0461. The SMILES string of the molecule is O=C(c1ccc(N2CCCC2)c([N+](=O)[O-])c1)N1CCCCC1. The smallest absolute Gasteiger partial charge is 0.293 e. The first-order valence-corrected chi connectivity index (χ1v) is 7.99. The molecule has 1 amide bonds. The fourth-order valence-corrected chi connectivity index (χ4v) is 3.31. The number of amides is 1. The molecule has 0 bridgehead atoms. The molecule has 0 aliphatic carbocycles. The molecule has 0 radical (unpaired) electrons. The number of benzene rings is 1. The summed E-state index contributed by atoms with van der Waals surface area (Å²) < 4.78 is 0. The second-order valence-corrected chi connectivity index (χ2v) is 6.01. The molecule has 118 valence electrons. The molecule has 2 aliphatic heterocycles. The number of carbonyl (C=O) groups is 1. The number of anilines is 1. The molecule has 2 saturated heterocycles. The first-order chi connectivity index (χ1) is 10.7. The third-order valence-corrected chi connectivity index (χ3v) is 4.51. The van der Waals surface area contributed by atoms with Crippen LogP contribution in [0.2, 0.25) is 0 Å². The molecule has 2 fully saturated rings. The van der Waals surface area contributed by atoms with E-state index in [2.05, 4.69) is 0 Å². The van der Waals surface area contributed by atoms with Crippen molar-refractivity contribution >= 4 is 17.3 Å². The number of hydrogen-bond acceptors (Lipinski definition) is 4. The molecule has 0 aromatic heterocycles. The highest BCUT2D eigenvalue weighted by molar-refractivity contribution is 5.95. The van der Waals surface area contributed by atoms with Crippen LogP contribution >= 0.6 is 0 Å². The maximum atomic E-state index is 12.5. The maximum Gasteiger partial charge on any atom is 0.293 e. The number of rotatable bonds is 3. The first-order valence-electron chi connectivity index (χ1n) is 7.99. The van der Waals surface area contributed by atoms with Crippen LogP contribution in [0.15, 0.2) is 18.2 Å². The molecule has 6 heteroatoms. The summed E-state index contributed by atoms with van der Waals surface area (Å²) in [6.45, 7) is 3.20. The maximum absolute atomic E-state index is 12.5. The first kappa shape index (κ1) is 14.8. The van der Waals surface area contributed by atoms with Crippen molar-refractivity contribution in [2.45, 2.75) is 32.1 Å². The molecule has 22 heavy (non-hydrogen) atoms. The summed E-state index contributed by atoms with van der Waals surface area (Å²) in [6, 6.07) is 4.92. The average Bonchev–Trinajstić information content (AvgIpc) is 3.08. The summed E-state index contributed by atoms with van der Waals surface area (Å²) in [7, 11) is 0. The van der Waals surface area contributed by atoms with E-state index in [9.17, 15) is 14.9 Å². The minimum atomic E-state index is -0.374. The summed E-state index contributed by atoms with van der Waals surface area (Å²) >= 11 is 0. The van der Waals surface area contributed by atoms with Gasteiger partial charge in [0.15, 0.2) is 0 Å². The van der Waals surface area contributed by atoms with Crippen molar-refractivity contribution < 1.29 is 9.72 Å². The van der Waals surface area contributed by atoms with Crippen molar-refractivity contribution in [1.29, 1.82) is 0 Å². The second-order valence-electron chi connectivity index (χ2n) is 6.01. The van der Waals surface area contributed by atoms with E-state index in [1.165, 1.54) is 6.07 Å². The summed E-state index contributed by atoms with van der Waals surface area (Å²) in [4.78, 5) is 27.3. The monoisotopic (exact) mass is 303 g/mol. The largest absolute Gasteiger partial charge is 0.366 e. The molecule has 2 aliphatic rings. The van der Waals surface area contributed by atoms with Gasteiger partial charge < -0.3 is 9.80 Å². The Hall–Kier alpha value is -2.11. The van der Waals surface area contributed by atoms with E-state index in [0.717, 1.165) is 58.3 Å². The Morgan fingerprint density at radius 3 is 2.27 bits per heavy atom. The van der Waals surface area contributed by atoms with Gasteiger partial charge in [-0.15, -0.1) is 0 Å². The third kappa shape index (κ3) is 2.91. The number of carbonyl (C=O) groups excluding carboxylic acids is 1. The fraction of sp³-hybridized carbons (Fsp3) is 0.562. The van der Waals surface area contributed by atoms with Crippen LogP contribution in [-0.4, -0.2) is 41.9 Å². The van der Waals surface area contributed by atoms with E-state index in [-0.39, 0.29) is 16.5 Å². The number of nitrogens with zero attached hydrogens (tertiary/aromatic N) is 3. The van der Waals surface area contributed by atoms with Gasteiger partial charge in [-0.2, -0.15) is 0 Å². The Kier molecular flexibility index (Phi) is 4.27. The second kappa shape index (κ2) is 6.34. The Balaban J connectivity index is 1.87. The summed E-state index contributed by atoms with van der Waals surface area (Å²) in [5.41, 5.74) is 1.11. The van der Waals surface area contributed by atoms with Gasteiger partial charge >= 0.3 is 0 Å². The van der Waals surface area contributed by atoms with Crippen molar-refractivity contribution in [3.05, 3.63) is 33.9 Å². The van der Waals surface area contributed by atoms with Crippen LogP contribution in [0, 0.1) is 10.1 Å². The van der Waals surface area contributed by atoms with Crippen LogP contribution in [-0.2, 0) is 0 Å². The van der Waals surface area contributed by atoms with Gasteiger partial charge in [-0.05, 0) is 44.2 Å². The summed E-state index contributed by atoms with van der Waals surface area (Å²) in [5, 5.41) is 11.4. The van der Waals surface area contributed by atoms with E-state index < -0.39 is 0 Å². The van der Waals surface area contributed by atoms with Crippen LogP contribution in [0.4, 0.5) is 11.4 Å². The van der Waals surface area contributed by atoms with Gasteiger partial charge in [0.1, 0.15) is 5.69 Å². The fourth-order valence-electron chi connectivity index (χ4n) is 3.31. The number of piperidine rings is 1. The topological polar surface area (TPSA) is 66.7 Å². The molecule has 0 N–H and O–H groups in total. The lowest BCUT2D eigenvalue weighted by atomic mass is 10.1. The van der Waals surface area contributed by atoms with Crippen molar-refractivity contribution in [1.82, 2.24) is 4.90 Å². The highest BCUT2D eigenvalue weighted by Gasteiger charge is 2.25. The zero-order chi connectivity index (χ0) is 15.5. The summed E-state index contributed by atoms with van der Waals surface area (Å²) in [5.74, 6) is -0.0872. The van der Waals surface area contributed by atoms with E-state index in [1.54, 1.807) is 17.0 Å². The quantitative estimate of drug-likeness (QED) is 0.636. The number of nitro benzene ring substituents is 1. The lowest BCUT2D eigenvalue weighted by molar-refractivity contribution is -0.384. The van der Waals surface area contributed by atoms with Gasteiger partial charge in [0.25, 0.3) is 11.6 Å². The lowest BCUT2D eigenvalue weighted by Crippen LogP contribution is -2.35. The molecular formula is C16H21N3O3. The predicted molar refractivity (Wildman–Crippen MR) is 84.3 cm³/mol. The van der Waals surface area contributed by atoms with Crippen LogP contribution in [0.3, 0.4) is 0 Å². The van der Waals surface area contributed by atoms with Gasteiger partial charge in [-0.1, -0.05) is 0 Å². The van der Waals surface area contributed by atoms with E-state index in [0.29, 0.717) is 11.3 Å². The van der Waals surface area contributed by atoms with Crippen LogP contribution in [0.5, 0.6) is 0 Å². The molecule has 0 spiro atoms. The number of hydrogen-bond donors (Lipinski definition) is 0. The normalized spacial score (nSPS) is 18.5. The van der Waals surface area contributed by atoms with Crippen LogP contribution in [0.1, 0.15) is 42.5 Å². The average molecular weight is 303 g/mol. The molecule has 6 nitrogen and oxygen atoms in total. The molecule has 2 heterocycles. The van der Waals surface area contributed by atoms with E-state index in [4.69, 9.17) is 0 Å². The molecular weight excluding hydrogens is 282 g/mol. The molecule has 1 aromatic carbocycles. The zero-order valence-corrected chi connectivity index (χ0v) is 12.7.